The summed E-state index contributed by atoms with van der Waals surface area (Å²) in [5.74, 6) is -1.87. The van der Waals surface area contributed by atoms with E-state index in [1.165, 1.54) is 35.3 Å². The summed E-state index contributed by atoms with van der Waals surface area (Å²) in [5.41, 5.74) is 0.549. The Morgan fingerprint density at radius 2 is 2.11 bits per heavy atom. The lowest BCUT2D eigenvalue weighted by Gasteiger charge is -2.23. The minimum atomic E-state index is -1.07. The zero-order chi connectivity index (χ0) is 14.4. The second-order valence-corrected chi connectivity index (χ2v) is 4.34. The first-order valence-corrected chi connectivity index (χ1v) is 5.86. The number of rotatable bonds is 5. The second kappa shape index (κ2) is 6.68. The maximum Gasteiger partial charge on any atom is 0.323 e. The molecule has 1 N–H and O–H groups in total. The Balaban J connectivity index is 2.79. The molecule has 0 saturated heterocycles. The molecule has 1 rings (SSSR count). The minimum Gasteiger partial charge on any atom is -0.480 e. The lowest BCUT2D eigenvalue weighted by atomic mass is 10.2. The molecule has 5 heteroatoms. The van der Waals surface area contributed by atoms with E-state index in [1.807, 2.05) is 0 Å². The van der Waals surface area contributed by atoms with E-state index < -0.39 is 11.9 Å². The molecule has 0 heterocycles. The molecule has 0 aliphatic heterocycles. The van der Waals surface area contributed by atoms with Gasteiger partial charge >= 0.3 is 5.97 Å². The van der Waals surface area contributed by atoms with E-state index in [2.05, 4.69) is 0 Å². The molecule has 0 fully saturated rings. The summed E-state index contributed by atoms with van der Waals surface area (Å²) in [6.45, 7) is 3.11. The zero-order valence-corrected chi connectivity index (χ0v) is 10.8. The summed E-state index contributed by atoms with van der Waals surface area (Å²) in [7, 11) is 0. The zero-order valence-electron chi connectivity index (χ0n) is 10.8. The van der Waals surface area contributed by atoms with E-state index in [0.29, 0.717) is 5.56 Å². The highest BCUT2D eigenvalue weighted by Crippen LogP contribution is 2.07. The molecule has 0 atom stereocenters. The highest BCUT2D eigenvalue weighted by atomic mass is 19.1. The number of aliphatic carboxylic acids is 1. The van der Waals surface area contributed by atoms with Gasteiger partial charge in [0.15, 0.2) is 0 Å². The predicted molar refractivity (Wildman–Crippen MR) is 69.9 cm³/mol. The van der Waals surface area contributed by atoms with Gasteiger partial charge in [0.05, 0.1) is 0 Å². The molecule has 0 radical (unpaired) electrons. The fourth-order valence-electron chi connectivity index (χ4n) is 1.53. The van der Waals surface area contributed by atoms with E-state index in [9.17, 15) is 14.0 Å². The van der Waals surface area contributed by atoms with E-state index in [4.69, 9.17) is 5.11 Å². The molecular weight excluding hydrogens is 249 g/mol. The molecule has 0 aromatic heterocycles. The maximum absolute atomic E-state index is 12.9. The molecule has 102 valence electrons. The largest absolute Gasteiger partial charge is 0.480 e. The van der Waals surface area contributed by atoms with Crippen LogP contribution in [0.4, 0.5) is 4.39 Å². The van der Waals surface area contributed by atoms with Crippen molar-refractivity contribution in [1.29, 1.82) is 0 Å². The standard InChI is InChI=1S/C14H16FNO3/c1-10(2)16(9-14(18)19)13(17)7-6-11-4-3-5-12(15)8-11/h3-8,10H,9H2,1-2H3,(H,18,19)/b7-6+. The second-order valence-electron chi connectivity index (χ2n) is 4.34. The first kappa shape index (κ1) is 14.9. The molecule has 1 aromatic rings. The molecule has 4 nitrogen and oxygen atoms in total. The van der Waals surface area contributed by atoms with Crippen molar-refractivity contribution in [1.82, 2.24) is 4.90 Å². The molecule has 19 heavy (non-hydrogen) atoms. The molecule has 1 amide bonds. The number of carbonyl (C=O) groups excluding carboxylic acids is 1. The Bertz CT molecular complexity index is 497. The quantitative estimate of drug-likeness (QED) is 0.830. The normalized spacial score (nSPS) is 10.9. The number of amides is 1. The Kier molecular flexibility index (Phi) is 5.23. The highest BCUT2D eigenvalue weighted by Gasteiger charge is 2.17. The third-order valence-corrected chi connectivity index (χ3v) is 2.48. The first-order chi connectivity index (χ1) is 8.90. The van der Waals surface area contributed by atoms with Crippen LogP contribution in [-0.4, -0.2) is 34.5 Å². The average Bonchev–Trinajstić information content (AvgIpc) is 2.32. The predicted octanol–water partition coefficient (Wildman–Crippen LogP) is 2.16. The van der Waals surface area contributed by atoms with Crippen LogP contribution in [-0.2, 0) is 9.59 Å². The lowest BCUT2D eigenvalue weighted by molar-refractivity contribution is -0.143. The summed E-state index contributed by atoms with van der Waals surface area (Å²) in [6, 6.07) is 5.58. The van der Waals surface area contributed by atoms with Crippen LogP contribution in [0.15, 0.2) is 30.3 Å². The number of benzene rings is 1. The molecule has 0 saturated carbocycles. The van der Waals surface area contributed by atoms with Crippen molar-refractivity contribution >= 4 is 18.0 Å². The Labute approximate surface area is 111 Å². The van der Waals surface area contributed by atoms with Gasteiger partial charge in [-0.05, 0) is 37.6 Å². The molecule has 0 aliphatic carbocycles. The van der Waals surface area contributed by atoms with Crippen LogP contribution in [0.2, 0.25) is 0 Å². The number of hydrogen-bond acceptors (Lipinski definition) is 2. The number of carbonyl (C=O) groups is 2. The smallest absolute Gasteiger partial charge is 0.323 e. The third-order valence-electron chi connectivity index (χ3n) is 2.48. The van der Waals surface area contributed by atoms with Gasteiger partial charge in [0.1, 0.15) is 12.4 Å². The minimum absolute atomic E-state index is 0.222. The Morgan fingerprint density at radius 3 is 2.63 bits per heavy atom. The molecule has 0 bridgehead atoms. The Hall–Kier alpha value is -2.17. The van der Waals surface area contributed by atoms with Crippen molar-refractivity contribution in [2.24, 2.45) is 0 Å². The summed E-state index contributed by atoms with van der Waals surface area (Å²) < 4.78 is 12.9. The van der Waals surface area contributed by atoms with Gasteiger partial charge in [-0.2, -0.15) is 0 Å². The van der Waals surface area contributed by atoms with E-state index >= 15 is 0 Å². The van der Waals surface area contributed by atoms with Crippen LogP contribution >= 0.6 is 0 Å². The fraction of sp³-hybridized carbons (Fsp3) is 0.286. The third kappa shape index (κ3) is 4.91. The molecule has 0 aliphatic rings. The number of nitrogens with zero attached hydrogens (tertiary/aromatic N) is 1. The van der Waals surface area contributed by atoms with Crippen molar-refractivity contribution in [2.45, 2.75) is 19.9 Å². The summed E-state index contributed by atoms with van der Waals surface area (Å²) in [5, 5.41) is 8.74. The molecule has 0 spiro atoms. The van der Waals surface area contributed by atoms with Crippen LogP contribution in [0.3, 0.4) is 0 Å². The van der Waals surface area contributed by atoms with Crippen molar-refractivity contribution in [3.8, 4) is 0 Å². The van der Waals surface area contributed by atoms with Gasteiger partial charge in [0.2, 0.25) is 5.91 Å². The van der Waals surface area contributed by atoms with Gasteiger partial charge < -0.3 is 10.0 Å². The average molecular weight is 265 g/mol. The number of halogens is 1. The van der Waals surface area contributed by atoms with Gasteiger partial charge in [-0.25, -0.2) is 4.39 Å². The van der Waals surface area contributed by atoms with Crippen molar-refractivity contribution in [2.75, 3.05) is 6.54 Å². The number of carboxylic acid groups (broad SMARTS) is 1. The van der Waals surface area contributed by atoms with Gasteiger partial charge in [0.25, 0.3) is 0 Å². The number of carboxylic acids is 1. The first-order valence-electron chi connectivity index (χ1n) is 5.86. The Morgan fingerprint density at radius 1 is 1.42 bits per heavy atom. The van der Waals surface area contributed by atoms with Crippen LogP contribution in [0.5, 0.6) is 0 Å². The van der Waals surface area contributed by atoms with Gasteiger partial charge in [-0.1, -0.05) is 12.1 Å². The number of hydrogen-bond donors (Lipinski definition) is 1. The molecular formula is C14H16FNO3. The van der Waals surface area contributed by atoms with Crippen LogP contribution < -0.4 is 0 Å². The van der Waals surface area contributed by atoms with Crippen LogP contribution in [0.25, 0.3) is 6.08 Å². The van der Waals surface area contributed by atoms with Gasteiger partial charge in [0, 0.05) is 12.1 Å². The fourth-order valence-corrected chi connectivity index (χ4v) is 1.53. The van der Waals surface area contributed by atoms with Crippen LogP contribution in [0, 0.1) is 5.82 Å². The van der Waals surface area contributed by atoms with E-state index in [1.54, 1.807) is 19.9 Å². The molecule has 1 aromatic carbocycles. The van der Waals surface area contributed by atoms with Crippen LogP contribution in [0.1, 0.15) is 19.4 Å². The summed E-state index contributed by atoms with van der Waals surface area (Å²) >= 11 is 0. The van der Waals surface area contributed by atoms with E-state index in [-0.39, 0.29) is 18.4 Å². The lowest BCUT2D eigenvalue weighted by Crippen LogP contribution is -2.39. The molecule has 0 unspecified atom stereocenters. The van der Waals surface area contributed by atoms with Gasteiger partial charge in [-0.15, -0.1) is 0 Å². The highest BCUT2D eigenvalue weighted by molar-refractivity contribution is 5.93. The summed E-state index contributed by atoms with van der Waals surface area (Å²) in [6.07, 6.45) is 2.71. The summed E-state index contributed by atoms with van der Waals surface area (Å²) in [4.78, 5) is 23.8. The monoisotopic (exact) mass is 265 g/mol. The van der Waals surface area contributed by atoms with E-state index in [0.717, 1.165) is 0 Å². The maximum atomic E-state index is 12.9. The van der Waals surface area contributed by atoms with Crippen molar-refractivity contribution in [3.63, 3.8) is 0 Å². The topological polar surface area (TPSA) is 57.6 Å². The van der Waals surface area contributed by atoms with Crippen molar-refractivity contribution < 1.29 is 19.1 Å². The SMILES string of the molecule is CC(C)N(CC(=O)O)C(=O)/C=C/c1cccc(F)c1. The van der Waals surface area contributed by atoms with Gasteiger partial charge in [-0.3, -0.25) is 9.59 Å². The van der Waals surface area contributed by atoms with Crippen molar-refractivity contribution in [3.05, 3.63) is 41.7 Å².